The zero-order valence-electron chi connectivity index (χ0n) is 14.8. The van der Waals surface area contributed by atoms with Crippen molar-refractivity contribution in [2.24, 2.45) is 10.2 Å². The first-order chi connectivity index (χ1) is 13.1. The second-order valence-electron chi connectivity index (χ2n) is 6.11. The molecule has 136 valence electrons. The fourth-order valence-corrected chi connectivity index (χ4v) is 3.68. The molecule has 7 nitrogen and oxygen atoms in total. The second-order valence-corrected chi connectivity index (χ2v) is 6.11. The average molecular weight is 364 g/mol. The molecular weight excluding hydrogens is 348 g/mol. The third kappa shape index (κ3) is 2.17. The lowest BCUT2D eigenvalue weighted by molar-refractivity contribution is -0.142. The Morgan fingerprint density at radius 2 is 1.67 bits per heavy atom. The molecule has 1 aliphatic heterocycles. The molecule has 0 radical (unpaired) electrons. The summed E-state index contributed by atoms with van der Waals surface area (Å²) < 4.78 is 10.1. The van der Waals surface area contributed by atoms with Crippen molar-refractivity contribution in [3.8, 4) is 0 Å². The number of hydrogen-bond donors (Lipinski definition) is 0. The highest BCUT2D eigenvalue weighted by molar-refractivity contribution is 6.25. The highest BCUT2D eigenvalue weighted by atomic mass is 16.5. The predicted molar refractivity (Wildman–Crippen MR) is 95.1 cm³/mol. The zero-order chi connectivity index (χ0) is 19.2. The minimum absolute atomic E-state index is 0.0832. The minimum Gasteiger partial charge on any atom is -0.462 e. The number of rotatable bonds is 4. The molecule has 4 rings (SSSR count). The fraction of sp³-hybridized carbons (Fsp3) is 0.250. The van der Waals surface area contributed by atoms with Crippen LogP contribution in [0.25, 0.3) is 10.8 Å². The minimum atomic E-state index is -1.71. The number of carbonyl (C=O) groups is 3. The van der Waals surface area contributed by atoms with E-state index in [4.69, 9.17) is 9.47 Å². The molecule has 2 aliphatic rings. The van der Waals surface area contributed by atoms with Crippen LogP contribution < -0.4 is 0 Å². The Balaban J connectivity index is 2.02. The summed E-state index contributed by atoms with van der Waals surface area (Å²) in [6.07, 6.45) is 0. The maximum absolute atomic E-state index is 13.4. The Labute approximate surface area is 154 Å². The molecule has 0 fully saturated rings. The Bertz CT molecular complexity index is 1060. The number of hydrogen-bond acceptors (Lipinski definition) is 7. The maximum atomic E-state index is 13.4. The number of esters is 2. The smallest absolute Gasteiger partial charge is 0.359 e. The van der Waals surface area contributed by atoms with Gasteiger partial charge in [0.15, 0.2) is 5.70 Å². The van der Waals surface area contributed by atoms with Crippen molar-refractivity contribution in [2.75, 3.05) is 13.2 Å². The fourth-order valence-electron chi connectivity index (χ4n) is 3.68. The van der Waals surface area contributed by atoms with Gasteiger partial charge >= 0.3 is 11.9 Å². The molecule has 0 N–H and O–H groups in total. The van der Waals surface area contributed by atoms with Gasteiger partial charge in [-0.2, -0.15) is 5.11 Å². The van der Waals surface area contributed by atoms with Crippen LogP contribution in [0, 0.1) is 0 Å². The van der Waals surface area contributed by atoms with E-state index in [9.17, 15) is 14.4 Å². The number of fused-ring (bicyclic) bond motifs is 1. The lowest BCUT2D eigenvalue weighted by Gasteiger charge is -2.21. The number of nitrogens with zero attached hydrogens (tertiary/aromatic N) is 2. The van der Waals surface area contributed by atoms with Gasteiger partial charge in [-0.05, 0) is 24.6 Å². The summed E-state index contributed by atoms with van der Waals surface area (Å²) in [6, 6.07) is 10.7. The van der Waals surface area contributed by atoms with Gasteiger partial charge in [-0.3, -0.25) is 4.79 Å². The van der Waals surface area contributed by atoms with E-state index in [1.165, 1.54) is 0 Å². The largest absolute Gasteiger partial charge is 0.462 e. The van der Waals surface area contributed by atoms with Gasteiger partial charge in [-0.1, -0.05) is 36.4 Å². The summed E-state index contributed by atoms with van der Waals surface area (Å²) in [5, 5.41) is 9.61. The van der Waals surface area contributed by atoms with E-state index in [-0.39, 0.29) is 24.5 Å². The van der Waals surface area contributed by atoms with E-state index in [0.717, 1.165) is 5.39 Å². The van der Waals surface area contributed by atoms with E-state index in [1.54, 1.807) is 38.1 Å². The van der Waals surface area contributed by atoms with Crippen molar-refractivity contribution in [1.82, 2.24) is 0 Å². The summed E-state index contributed by atoms with van der Waals surface area (Å²) in [4.78, 5) is 38.6. The lowest BCUT2D eigenvalue weighted by Crippen LogP contribution is -2.36. The first kappa shape index (κ1) is 17.1. The Kier molecular flexibility index (Phi) is 3.87. The first-order valence-corrected chi connectivity index (χ1v) is 8.65. The molecule has 2 aromatic rings. The third-order valence-electron chi connectivity index (χ3n) is 4.71. The third-order valence-corrected chi connectivity index (χ3v) is 4.71. The van der Waals surface area contributed by atoms with Crippen LogP contribution in [0.1, 0.15) is 29.8 Å². The first-order valence-electron chi connectivity index (χ1n) is 8.65. The number of benzene rings is 2. The van der Waals surface area contributed by atoms with Crippen molar-refractivity contribution < 1.29 is 23.9 Å². The zero-order valence-corrected chi connectivity index (χ0v) is 14.8. The van der Waals surface area contributed by atoms with Crippen molar-refractivity contribution in [3.63, 3.8) is 0 Å². The molecule has 0 bridgehead atoms. The second kappa shape index (κ2) is 6.12. The van der Waals surface area contributed by atoms with Gasteiger partial charge in [-0.25, -0.2) is 9.59 Å². The SMILES string of the molecule is CCOC(=O)C1=C(C(=O)OCC)[C@]2(N=N1)C(=O)c1cccc3cccc2c13. The van der Waals surface area contributed by atoms with E-state index >= 15 is 0 Å². The maximum Gasteiger partial charge on any atom is 0.359 e. The van der Waals surface area contributed by atoms with Crippen LogP contribution in [-0.2, 0) is 24.6 Å². The van der Waals surface area contributed by atoms with Crippen LogP contribution >= 0.6 is 0 Å². The number of ketones is 1. The molecule has 0 amide bonds. The van der Waals surface area contributed by atoms with Crippen LogP contribution in [0.4, 0.5) is 0 Å². The highest BCUT2D eigenvalue weighted by Crippen LogP contribution is 2.51. The predicted octanol–water partition coefficient (Wildman–Crippen LogP) is 3.08. The van der Waals surface area contributed by atoms with E-state index in [1.807, 2.05) is 12.1 Å². The van der Waals surface area contributed by atoms with Gasteiger partial charge < -0.3 is 9.47 Å². The number of ether oxygens (including phenoxy) is 2. The van der Waals surface area contributed by atoms with Crippen LogP contribution in [0.2, 0.25) is 0 Å². The molecule has 0 unspecified atom stereocenters. The van der Waals surface area contributed by atoms with E-state index < -0.39 is 23.3 Å². The molecule has 0 saturated heterocycles. The van der Waals surface area contributed by atoms with Crippen LogP contribution in [0.5, 0.6) is 0 Å². The van der Waals surface area contributed by atoms with Gasteiger partial charge in [0.25, 0.3) is 0 Å². The molecule has 1 atom stereocenters. The topological polar surface area (TPSA) is 94.4 Å². The summed E-state index contributed by atoms with van der Waals surface area (Å²) in [5.41, 5.74) is -1.22. The average Bonchev–Trinajstić information content (AvgIpc) is 3.18. The van der Waals surface area contributed by atoms with Gasteiger partial charge in [0.1, 0.15) is 5.57 Å². The van der Waals surface area contributed by atoms with Crippen molar-refractivity contribution >= 4 is 28.5 Å². The quantitative estimate of drug-likeness (QED) is 0.777. The summed E-state index contributed by atoms with van der Waals surface area (Å²) in [7, 11) is 0. The Hall–Kier alpha value is -3.35. The highest BCUT2D eigenvalue weighted by Gasteiger charge is 2.58. The van der Waals surface area contributed by atoms with Gasteiger partial charge in [-0.15, -0.1) is 5.11 Å². The van der Waals surface area contributed by atoms with Crippen molar-refractivity contribution in [1.29, 1.82) is 0 Å². The molecule has 0 aromatic heterocycles. The van der Waals surface area contributed by atoms with Crippen LogP contribution in [-0.4, -0.2) is 30.9 Å². The molecular formula is C20H16N2O5. The van der Waals surface area contributed by atoms with Crippen LogP contribution in [0.15, 0.2) is 57.9 Å². The lowest BCUT2D eigenvalue weighted by atomic mass is 9.82. The van der Waals surface area contributed by atoms with Crippen molar-refractivity contribution in [2.45, 2.75) is 19.4 Å². The van der Waals surface area contributed by atoms with E-state index in [2.05, 4.69) is 10.2 Å². The van der Waals surface area contributed by atoms with Gasteiger partial charge in [0.2, 0.25) is 11.3 Å². The Morgan fingerprint density at radius 1 is 1.00 bits per heavy atom. The van der Waals surface area contributed by atoms with Crippen LogP contribution in [0.3, 0.4) is 0 Å². The normalized spacial score (nSPS) is 20.0. The number of carbonyl (C=O) groups excluding carboxylic acids is 3. The molecule has 27 heavy (non-hydrogen) atoms. The summed E-state index contributed by atoms with van der Waals surface area (Å²) >= 11 is 0. The summed E-state index contributed by atoms with van der Waals surface area (Å²) in [6.45, 7) is 3.47. The van der Waals surface area contributed by atoms with E-state index in [0.29, 0.717) is 16.5 Å². The number of azo groups is 1. The molecule has 1 spiro atoms. The summed E-state index contributed by atoms with van der Waals surface area (Å²) in [5.74, 6) is -2.01. The Morgan fingerprint density at radius 3 is 2.37 bits per heavy atom. The van der Waals surface area contributed by atoms with Gasteiger partial charge in [0.05, 0.1) is 13.2 Å². The molecule has 1 aliphatic carbocycles. The molecule has 0 saturated carbocycles. The van der Waals surface area contributed by atoms with Crippen molar-refractivity contribution in [3.05, 3.63) is 58.8 Å². The number of Topliss-reactive ketones (excluding diaryl/α,β-unsaturated/α-hetero) is 1. The van der Waals surface area contributed by atoms with Gasteiger partial charge in [0, 0.05) is 11.1 Å². The molecule has 1 heterocycles. The monoisotopic (exact) mass is 364 g/mol. The standard InChI is InChI=1S/C20H16N2O5/c1-3-26-18(24)15-16(19(25)27-4-2)21-22-20(15)13-10-6-8-11-7-5-9-12(14(11)13)17(20)23/h5-10H,3-4H2,1-2H3/t20-/m0/s1. The molecule has 7 heteroatoms. The molecule has 2 aromatic carbocycles.